The van der Waals surface area contributed by atoms with Gasteiger partial charge >= 0.3 is 0 Å². The molecule has 0 amide bonds. The first-order valence-corrected chi connectivity index (χ1v) is 5.36. The molecule has 0 aliphatic heterocycles. The summed E-state index contributed by atoms with van der Waals surface area (Å²) in [5.41, 5.74) is 8.96. The van der Waals surface area contributed by atoms with Gasteiger partial charge in [-0.3, -0.25) is 9.97 Å². The zero-order chi connectivity index (χ0) is 11.0. The van der Waals surface area contributed by atoms with E-state index in [-0.39, 0.29) is 5.92 Å². The molecular formula is C12H12N4. The Hall–Kier alpha value is -1.97. The molecule has 3 rings (SSSR count). The lowest BCUT2D eigenvalue weighted by Crippen LogP contribution is -2.03. The third-order valence-corrected chi connectivity index (χ3v) is 3.01. The number of hydrogen-bond acceptors (Lipinski definition) is 4. The van der Waals surface area contributed by atoms with E-state index in [2.05, 4.69) is 21.0 Å². The minimum atomic E-state index is 0.282. The third-order valence-electron chi connectivity index (χ3n) is 3.01. The number of aryl methyl sites for hydroxylation is 1. The molecule has 2 aromatic rings. The first kappa shape index (κ1) is 9.27. The topological polar surface area (TPSA) is 64.7 Å². The highest BCUT2D eigenvalue weighted by Gasteiger charge is 2.26. The normalized spacial score (nSPS) is 18.4. The summed E-state index contributed by atoms with van der Waals surface area (Å²) in [6.07, 6.45) is 7.33. The Kier molecular flexibility index (Phi) is 2.06. The van der Waals surface area contributed by atoms with Crippen LogP contribution < -0.4 is 5.73 Å². The van der Waals surface area contributed by atoms with E-state index < -0.39 is 0 Å². The molecule has 4 heteroatoms. The number of fused-ring (bicyclic) bond motifs is 1. The van der Waals surface area contributed by atoms with Crippen LogP contribution in [0.15, 0.2) is 30.7 Å². The zero-order valence-electron chi connectivity index (χ0n) is 8.80. The largest absolute Gasteiger partial charge is 0.382 e. The minimum absolute atomic E-state index is 0.282. The highest BCUT2D eigenvalue weighted by Crippen LogP contribution is 2.35. The van der Waals surface area contributed by atoms with Gasteiger partial charge in [0, 0.05) is 12.1 Å². The number of anilines is 1. The summed E-state index contributed by atoms with van der Waals surface area (Å²) in [5.74, 6) is 0.743. The molecule has 1 unspecified atom stereocenters. The maximum atomic E-state index is 5.53. The zero-order valence-corrected chi connectivity index (χ0v) is 8.80. The van der Waals surface area contributed by atoms with Gasteiger partial charge in [0.2, 0.25) is 0 Å². The number of rotatable bonds is 1. The average molecular weight is 212 g/mol. The van der Waals surface area contributed by atoms with Crippen molar-refractivity contribution in [1.29, 1.82) is 0 Å². The predicted octanol–water partition coefficient (Wildman–Crippen LogP) is 1.53. The van der Waals surface area contributed by atoms with Crippen LogP contribution in [0.4, 0.5) is 5.82 Å². The van der Waals surface area contributed by atoms with Gasteiger partial charge in [-0.25, -0.2) is 4.98 Å². The Morgan fingerprint density at radius 3 is 2.94 bits per heavy atom. The van der Waals surface area contributed by atoms with Crippen LogP contribution in [0.3, 0.4) is 0 Å². The molecule has 0 saturated heterocycles. The van der Waals surface area contributed by atoms with E-state index in [1.165, 1.54) is 5.56 Å². The first-order chi connectivity index (χ1) is 7.84. The molecule has 80 valence electrons. The van der Waals surface area contributed by atoms with Gasteiger partial charge in [-0.15, -0.1) is 0 Å². The van der Waals surface area contributed by atoms with E-state index in [1.807, 2.05) is 12.3 Å². The summed E-state index contributed by atoms with van der Waals surface area (Å²) in [7, 11) is 0. The molecule has 2 heterocycles. The van der Waals surface area contributed by atoms with Crippen molar-refractivity contribution in [3.8, 4) is 0 Å². The summed E-state index contributed by atoms with van der Waals surface area (Å²) >= 11 is 0. The average Bonchev–Trinajstić information content (AvgIpc) is 2.74. The summed E-state index contributed by atoms with van der Waals surface area (Å²) in [4.78, 5) is 12.9. The summed E-state index contributed by atoms with van der Waals surface area (Å²) in [5, 5.41) is 0. The highest BCUT2D eigenvalue weighted by atomic mass is 14.9. The third kappa shape index (κ3) is 1.43. The Bertz CT molecular complexity index is 507. The van der Waals surface area contributed by atoms with Gasteiger partial charge in [-0.2, -0.15) is 0 Å². The summed E-state index contributed by atoms with van der Waals surface area (Å²) < 4.78 is 0. The number of nitrogen functional groups attached to an aromatic ring is 1. The summed E-state index contributed by atoms with van der Waals surface area (Å²) in [6, 6.07) is 4.11. The second-order valence-electron chi connectivity index (χ2n) is 4.01. The standard InChI is InChI=1S/C12H12N4/c13-11-7-15-10(6-16-11)9-4-3-8-2-1-5-14-12(8)9/h1-2,5-7,9H,3-4H2,(H2,13,16). The van der Waals surface area contributed by atoms with E-state index in [0.29, 0.717) is 5.82 Å². The molecule has 0 fully saturated rings. The number of hydrogen-bond donors (Lipinski definition) is 1. The Morgan fingerprint density at radius 2 is 2.12 bits per heavy atom. The maximum Gasteiger partial charge on any atom is 0.141 e. The van der Waals surface area contributed by atoms with Crippen molar-refractivity contribution >= 4 is 5.82 Å². The molecule has 16 heavy (non-hydrogen) atoms. The Morgan fingerprint density at radius 1 is 1.19 bits per heavy atom. The van der Waals surface area contributed by atoms with Gasteiger partial charge < -0.3 is 5.73 Å². The Labute approximate surface area is 93.6 Å². The van der Waals surface area contributed by atoms with Gasteiger partial charge in [-0.05, 0) is 24.5 Å². The molecule has 0 saturated carbocycles. The quantitative estimate of drug-likeness (QED) is 0.778. The fraction of sp³-hybridized carbons (Fsp3) is 0.250. The van der Waals surface area contributed by atoms with Crippen molar-refractivity contribution < 1.29 is 0 Å². The van der Waals surface area contributed by atoms with Gasteiger partial charge in [0.15, 0.2) is 0 Å². The van der Waals surface area contributed by atoms with Gasteiger partial charge in [0.1, 0.15) is 5.82 Å². The van der Waals surface area contributed by atoms with Gasteiger partial charge in [0.05, 0.1) is 23.8 Å². The molecule has 0 aromatic carbocycles. The first-order valence-electron chi connectivity index (χ1n) is 5.36. The number of pyridine rings is 1. The molecule has 1 aliphatic rings. The fourth-order valence-corrected chi connectivity index (χ4v) is 2.23. The Balaban J connectivity index is 2.01. The van der Waals surface area contributed by atoms with Crippen LogP contribution in [0.5, 0.6) is 0 Å². The highest BCUT2D eigenvalue weighted by molar-refractivity contribution is 5.35. The molecule has 2 N–H and O–H groups in total. The number of nitrogens with two attached hydrogens (primary N) is 1. The van der Waals surface area contributed by atoms with Crippen molar-refractivity contribution in [2.24, 2.45) is 0 Å². The van der Waals surface area contributed by atoms with Crippen molar-refractivity contribution in [2.45, 2.75) is 18.8 Å². The molecule has 1 aliphatic carbocycles. The van der Waals surface area contributed by atoms with Crippen LogP contribution in [-0.2, 0) is 6.42 Å². The van der Waals surface area contributed by atoms with E-state index in [0.717, 1.165) is 24.2 Å². The van der Waals surface area contributed by atoms with Gasteiger partial charge in [0.25, 0.3) is 0 Å². The fourth-order valence-electron chi connectivity index (χ4n) is 2.23. The lowest BCUT2D eigenvalue weighted by molar-refractivity contribution is 0.741. The van der Waals surface area contributed by atoms with Crippen molar-refractivity contribution in [3.63, 3.8) is 0 Å². The van der Waals surface area contributed by atoms with Crippen molar-refractivity contribution in [2.75, 3.05) is 5.73 Å². The molecular weight excluding hydrogens is 200 g/mol. The SMILES string of the molecule is Nc1cnc(C2CCc3cccnc32)cn1. The van der Waals surface area contributed by atoms with E-state index in [1.54, 1.807) is 12.4 Å². The van der Waals surface area contributed by atoms with Crippen molar-refractivity contribution in [3.05, 3.63) is 47.7 Å². The molecule has 1 atom stereocenters. The maximum absolute atomic E-state index is 5.53. The lowest BCUT2D eigenvalue weighted by Gasteiger charge is -2.09. The monoisotopic (exact) mass is 212 g/mol. The minimum Gasteiger partial charge on any atom is -0.382 e. The molecule has 0 spiro atoms. The second-order valence-corrected chi connectivity index (χ2v) is 4.01. The van der Waals surface area contributed by atoms with Crippen LogP contribution in [-0.4, -0.2) is 15.0 Å². The summed E-state index contributed by atoms with van der Waals surface area (Å²) in [6.45, 7) is 0. The number of aromatic nitrogens is 3. The molecule has 4 nitrogen and oxygen atoms in total. The van der Waals surface area contributed by atoms with Crippen LogP contribution >= 0.6 is 0 Å². The van der Waals surface area contributed by atoms with Crippen LogP contribution in [0, 0.1) is 0 Å². The molecule has 0 bridgehead atoms. The van der Waals surface area contributed by atoms with Crippen LogP contribution in [0.2, 0.25) is 0 Å². The second kappa shape index (κ2) is 3.56. The number of nitrogens with zero attached hydrogens (tertiary/aromatic N) is 3. The van der Waals surface area contributed by atoms with Crippen molar-refractivity contribution in [1.82, 2.24) is 15.0 Å². The van der Waals surface area contributed by atoms with E-state index in [4.69, 9.17) is 5.73 Å². The van der Waals surface area contributed by atoms with E-state index >= 15 is 0 Å². The predicted molar refractivity (Wildman–Crippen MR) is 60.8 cm³/mol. The molecule has 2 aromatic heterocycles. The smallest absolute Gasteiger partial charge is 0.141 e. The molecule has 0 radical (unpaired) electrons. The van der Waals surface area contributed by atoms with E-state index in [9.17, 15) is 0 Å². The lowest BCUT2D eigenvalue weighted by atomic mass is 10.0. The van der Waals surface area contributed by atoms with Crippen LogP contribution in [0.1, 0.15) is 29.3 Å². The van der Waals surface area contributed by atoms with Gasteiger partial charge in [-0.1, -0.05) is 6.07 Å². The van der Waals surface area contributed by atoms with Crippen LogP contribution in [0.25, 0.3) is 0 Å².